The molecule has 0 aliphatic rings. The first-order valence-corrected chi connectivity index (χ1v) is 11.4. The summed E-state index contributed by atoms with van der Waals surface area (Å²) in [5, 5.41) is 12.6. The van der Waals surface area contributed by atoms with Gasteiger partial charge in [-0.2, -0.15) is 0 Å². The van der Waals surface area contributed by atoms with Crippen molar-refractivity contribution in [1.29, 1.82) is 0 Å². The average molecular weight is 448 g/mol. The number of rotatable bonds is 6. The Morgan fingerprint density at radius 2 is 1.41 bits per heavy atom. The van der Waals surface area contributed by atoms with Crippen LogP contribution in [0.4, 0.5) is 0 Å². The van der Waals surface area contributed by atoms with Gasteiger partial charge in [0, 0.05) is 5.56 Å². The monoisotopic (exact) mass is 448 g/mol. The molecule has 0 saturated heterocycles. The van der Waals surface area contributed by atoms with Crippen LogP contribution >= 0.6 is 0 Å². The summed E-state index contributed by atoms with van der Waals surface area (Å²) in [5.41, 5.74) is 4.19. The van der Waals surface area contributed by atoms with E-state index in [1.807, 2.05) is 56.3 Å². The minimum Gasteiger partial charge on any atom is -0.436 e. The van der Waals surface area contributed by atoms with Gasteiger partial charge in [-0.15, -0.1) is 0 Å². The summed E-state index contributed by atoms with van der Waals surface area (Å²) < 4.78 is 11.8. The Bertz CT molecular complexity index is 1430. The summed E-state index contributed by atoms with van der Waals surface area (Å²) in [6.45, 7) is 7.27. The molecule has 5 heteroatoms. The van der Waals surface area contributed by atoms with E-state index in [4.69, 9.17) is 9.07 Å². The first kappa shape index (κ1) is 22.4. The number of oxazole rings is 1. The van der Waals surface area contributed by atoms with Crippen LogP contribution in [0.1, 0.15) is 27.7 Å². The third-order valence-electron chi connectivity index (χ3n) is 6.59. The molecular weight excluding hydrogens is 421 g/mol. The van der Waals surface area contributed by atoms with Crippen molar-refractivity contribution in [3.05, 3.63) is 84.9 Å². The fourth-order valence-electron chi connectivity index (χ4n) is 3.68. The van der Waals surface area contributed by atoms with Crippen LogP contribution in [0, 0.1) is 0 Å². The summed E-state index contributed by atoms with van der Waals surface area (Å²) >= 11 is 0. The highest BCUT2D eigenvalue weighted by Gasteiger charge is 2.35. The van der Waals surface area contributed by atoms with Gasteiger partial charge in [0.15, 0.2) is 5.58 Å². The zero-order chi connectivity index (χ0) is 23.9. The Morgan fingerprint density at radius 1 is 0.765 bits per heavy atom. The number of aromatic nitrogens is 1. The third-order valence-corrected chi connectivity index (χ3v) is 6.59. The van der Waals surface area contributed by atoms with Crippen LogP contribution in [0.2, 0.25) is 0 Å². The van der Waals surface area contributed by atoms with Gasteiger partial charge in [-0.1, -0.05) is 60.1 Å². The lowest BCUT2D eigenvalue weighted by molar-refractivity contribution is -0.0893. The first-order valence-electron chi connectivity index (χ1n) is 11.4. The SMILES string of the molecule is CC(C)(O)C(C)(C)O[B]c1ccc2cc(-c3ccc(-c4nc5ccccc5o4)cc3)ccc2c1. The molecule has 34 heavy (non-hydrogen) atoms. The van der Waals surface area contributed by atoms with Crippen molar-refractivity contribution >= 4 is 34.8 Å². The molecule has 0 aliphatic heterocycles. The van der Waals surface area contributed by atoms with Crippen molar-refractivity contribution in [3.63, 3.8) is 0 Å². The van der Waals surface area contributed by atoms with Gasteiger partial charge in [-0.25, -0.2) is 4.98 Å². The number of para-hydroxylation sites is 2. The fourth-order valence-corrected chi connectivity index (χ4v) is 3.68. The van der Waals surface area contributed by atoms with Crippen LogP contribution in [-0.2, 0) is 4.65 Å². The predicted octanol–water partition coefficient (Wildman–Crippen LogP) is 6.13. The molecule has 4 aromatic carbocycles. The van der Waals surface area contributed by atoms with E-state index in [2.05, 4.69) is 47.4 Å². The van der Waals surface area contributed by atoms with E-state index in [-0.39, 0.29) is 0 Å². The number of hydrogen-bond donors (Lipinski definition) is 1. The Balaban J connectivity index is 1.35. The highest BCUT2D eigenvalue weighted by atomic mass is 16.5. The van der Waals surface area contributed by atoms with Crippen LogP contribution in [-0.4, -0.2) is 28.8 Å². The summed E-state index contributed by atoms with van der Waals surface area (Å²) in [7, 11) is 1.72. The summed E-state index contributed by atoms with van der Waals surface area (Å²) in [4.78, 5) is 4.58. The highest BCUT2D eigenvalue weighted by molar-refractivity contribution is 6.47. The van der Waals surface area contributed by atoms with Crippen LogP contribution in [0.25, 0.3) is 44.5 Å². The van der Waals surface area contributed by atoms with Gasteiger partial charge in [-0.05, 0) is 79.9 Å². The average Bonchev–Trinajstić information content (AvgIpc) is 3.26. The third kappa shape index (κ3) is 4.37. The fraction of sp³-hybridized carbons (Fsp3) is 0.207. The van der Waals surface area contributed by atoms with Crippen LogP contribution < -0.4 is 5.46 Å². The maximum atomic E-state index is 10.3. The van der Waals surface area contributed by atoms with Gasteiger partial charge in [0.1, 0.15) is 5.52 Å². The first-order chi connectivity index (χ1) is 16.2. The van der Waals surface area contributed by atoms with Gasteiger partial charge < -0.3 is 14.2 Å². The molecule has 5 rings (SSSR count). The molecule has 4 nitrogen and oxygen atoms in total. The van der Waals surface area contributed by atoms with Crippen molar-refractivity contribution in [2.45, 2.75) is 38.9 Å². The van der Waals surface area contributed by atoms with Gasteiger partial charge in [0.25, 0.3) is 0 Å². The summed E-state index contributed by atoms with van der Waals surface area (Å²) in [5.74, 6) is 0.630. The van der Waals surface area contributed by atoms with Gasteiger partial charge in [0.05, 0.1) is 11.2 Å². The van der Waals surface area contributed by atoms with Crippen LogP contribution in [0.15, 0.2) is 89.3 Å². The number of benzene rings is 4. The van der Waals surface area contributed by atoms with Crippen molar-refractivity contribution in [1.82, 2.24) is 4.98 Å². The molecule has 1 aromatic heterocycles. The quantitative estimate of drug-likeness (QED) is 0.318. The van der Waals surface area contributed by atoms with E-state index in [9.17, 15) is 5.11 Å². The van der Waals surface area contributed by atoms with Gasteiger partial charge in [-0.3, -0.25) is 0 Å². The standard InChI is InChI=1S/C29H27BNO3/c1-28(2,32)29(3,4)34-30-24-16-15-22-17-21(13-14-23(22)18-24)19-9-11-20(12-10-19)27-31-25-7-5-6-8-26(25)33-27/h5-18,32H,1-4H3. The molecule has 0 unspecified atom stereocenters. The van der Waals surface area contributed by atoms with Crippen LogP contribution in [0.3, 0.4) is 0 Å². The molecule has 1 radical (unpaired) electrons. The van der Waals surface area contributed by atoms with E-state index in [1.54, 1.807) is 21.3 Å². The summed E-state index contributed by atoms with van der Waals surface area (Å²) in [6, 6.07) is 28.7. The maximum Gasteiger partial charge on any atom is 0.330 e. The van der Waals surface area contributed by atoms with E-state index >= 15 is 0 Å². The lowest BCUT2D eigenvalue weighted by Gasteiger charge is -2.37. The Hall–Kier alpha value is -3.41. The second-order valence-electron chi connectivity index (χ2n) is 9.69. The molecule has 0 bridgehead atoms. The molecule has 0 aliphatic carbocycles. The molecule has 1 heterocycles. The van der Waals surface area contributed by atoms with Gasteiger partial charge in [0.2, 0.25) is 5.89 Å². The lowest BCUT2D eigenvalue weighted by atomic mass is 9.82. The molecule has 0 amide bonds. The second-order valence-corrected chi connectivity index (χ2v) is 9.69. The number of aliphatic hydroxyl groups is 1. The van der Waals surface area contributed by atoms with Crippen molar-refractivity contribution < 1.29 is 14.2 Å². The van der Waals surface area contributed by atoms with Crippen LogP contribution in [0.5, 0.6) is 0 Å². The number of nitrogens with zero attached hydrogens (tertiary/aromatic N) is 1. The maximum absolute atomic E-state index is 10.3. The molecule has 0 fully saturated rings. The van der Waals surface area contributed by atoms with Gasteiger partial charge >= 0.3 is 7.48 Å². The largest absolute Gasteiger partial charge is 0.436 e. The minimum absolute atomic E-state index is 0.630. The Kier molecular flexibility index (Phi) is 5.55. The van der Waals surface area contributed by atoms with E-state index in [0.717, 1.165) is 44.0 Å². The van der Waals surface area contributed by atoms with Crippen molar-refractivity contribution in [3.8, 4) is 22.6 Å². The van der Waals surface area contributed by atoms with Crippen molar-refractivity contribution in [2.24, 2.45) is 0 Å². The molecular formula is C29H27BNO3. The number of fused-ring (bicyclic) bond motifs is 2. The van der Waals surface area contributed by atoms with E-state index in [1.165, 1.54) is 0 Å². The smallest absolute Gasteiger partial charge is 0.330 e. The lowest BCUT2D eigenvalue weighted by Crippen LogP contribution is -2.49. The Morgan fingerprint density at radius 3 is 2.15 bits per heavy atom. The normalized spacial score (nSPS) is 12.4. The molecule has 0 spiro atoms. The minimum atomic E-state index is -0.953. The molecule has 0 saturated carbocycles. The molecule has 0 atom stereocenters. The molecule has 169 valence electrons. The van der Waals surface area contributed by atoms with E-state index < -0.39 is 11.2 Å². The van der Waals surface area contributed by atoms with E-state index in [0.29, 0.717) is 5.89 Å². The number of hydrogen-bond acceptors (Lipinski definition) is 4. The summed E-state index contributed by atoms with van der Waals surface area (Å²) in [6.07, 6.45) is 0. The predicted molar refractivity (Wildman–Crippen MR) is 139 cm³/mol. The molecule has 5 aromatic rings. The topological polar surface area (TPSA) is 55.5 Å². The van der Waals surface area contributed by atoms with Crippen molar-refractivity contribution in [2.75, 3.05) is 0 Å². The second kappa shape index (κ2) is 8.42. The zero-order valence-electron chi connectivity index (χ0n) is 19.9. The molecule has 1 N–H and O–H groups in total. The highest BCUT2D eigenvalue weighted by Crippen LogP contribution is 2.29. The zero-order valence-corrected chi connectivity index (χ0v) is 19.9. The Labute approximate surface area is 200 Å².